The van der Waals surface area contributed by atoms with Crippen LogP contribution in [0.25, 0.3) is 0 Å². The summed E-state index contributed by atoms with van der Waals surface area (Å²) in [5, 5.41) is 12.9. The van der Waals surface area contributed by atoms with Crippen LogP contribution in [0, 0.1) is 5.92 Å². The molecule has 1 aromatic rings. The van der Waals surface area contributed by atoms with Gasteiger partial charge in [-0.3, -0.25) is 0 Å². The van der Waals surface area contributed by atoms with Gasteiger partial charge in [0.25, 0.3) is 0 Å². The SMILES string of the molecule is OC(CNCCC1CCC1)COc1cnsn1. The molecular weight excluding hydrogens is 238 g/mol. The van der Waals surface area contributed by atoms with E-state index in [0.29, 0.717) is 12.4 Å². The Morgan fingerprint density at radius 2 is 2.47 bits per heavy atom. The normalized spacial score (nSPS) is 17.7. The lowest BCUT2D eigenvalue weighted by atomic mass is 9.83. The molecule has 1 atom stereocenters. The van der Waals surface area contributed by atoms with Crippen molar-refractivity contribution in [3.05, 3.63) is 6.20 Å². The number of aliphatic hydroxyl groups excluding tert-OH is 1. The van der Waals surface area contributed by atoms with Gasteiger partial charge in [0.05, 0.1) is 11.7 Å². The molecule has 1 aromatic heterocycles. The highest BCUT2D eigenvalue weighted by atomic mass is 32.1. The molecule has 0 radical (unpaired) electrons. The van der Waals surface area contributed by atoms with E-state index in [4.69, 9.17) is 4.74 Å². The van der Waals surface area contributed by atoms with Gasteiger partial charge in [-0.1, -0.05) is 19.3 Å². The van der Waals surface area contributed by atoms with Gasteiger partial charge < -0.3 is 15.2 Å². The van der Waals surface area contributed by atoms with E-state index in [0.717, 1.165) is 24.2 Å². The van der Waals surface area contributed by atoms with Gasteiger partial charge in [0.15, 0.2) is 0 Å². The number of ether oxygens (including phenoxy) is 1. The standard InChI is InChI=1S/C11H19N3O2S/c15-10(8-16-11-7-13-17-14-11)6-12-5-4-9-2-1-3-9/h7,9-10,12,15H,1-6,8H2. The lowest BCUT2D eigenvalue weighted by Gasteiger charge is -2.25. The lowest BCUT2D eigenvalue weighted by Crippen LogP contribution is -2.33. The zero-order valence-corrected chi connectivity index (χ0v) is 10.7. The van der Waals surface area contributed by atoms with E-state index in [1.54, 1.807) is 6.20 Å². The van der Waals surface area contributed by atoms with E-state index in [1.165, 1.54) is 25.7 Å². The highest BCUT2D eigenvalue weighted by Crippen LogP contribution is 2.28. The molecule has 1 saturated carbocycles. The molecule has 0 aliphatic heterocycles. The van der Waals surface area contributed by atoms with Crippen molar-refractivity contribution in [3.63, 3.8) is 0 Å². The van der Waals surface area contributed by atoms with Gasteiger partial charge in [0.1, 0.15) is 18.9 Å². The maximum Gasteiger partial charge on any atom is 0.245 e. The van der Waals surface area contributed by atoms with Crippen molar-refractivity contribution < 1.29 is 9.84 Å². The van der Waals surface area contributed by atoms with E-state index in [1.807, 2.05) is 0 Å². The molecule has 2 N–H and O–H groups in total. The summed E-state index contributed by atoms with van der Waals surface area (Å²) in [4.78, 5) is 0. The first-order valence-electron chi connectivity index (χ1n) is 6.13. The van der Waals surface area contributed by atoms with Gasteiger partial charge in [-0.15, -0.1) is 4.37 Å². The van der Waals surface area contributed by atoms with Gasteiger partial charge in [-0.2, -0.15) is 4.37 Å². The molecular formula is C11H19N3O2S. The molecule has 17 heavy (non-hydrogen) atoms. The third-order valence-electron chi connectivity index (χ3n) is 3.10. The Balaban J connectivity index is 1.47. The van der Waals surface area contributed by atoms with Crippen LogP contribution in [0.15, 0.2) is 6.20 Å². The number of hydrogen-bond acceptors (Lipinski definition) is 6. The first kappa shape index (κ1) is 12.7. The largest absolute Gasteiger partial charge is 0.473 e. The highest BCUT2D eigenvalue weighted by molar-refractivity contribution is 6.99. The maximum atomic E-state index is 9.65. The fourth-order valence-electron chi connectivity index (χ4n) is 1.82. The second kappa shape index (κ2) is 6.88. The summed E-state index contributed by atoms with van der Waals surface area (Å²) in [6.45, 7) is 1.83. The fourth-order valence-corrected chi connectivity index (χ4v) is 2.18. The van der Waals surface area contributed by atoms with Crippen molar-refractivity contribution in [2.45, 2.75) is 31.8 Å². The molecule has 0 amide bonds. The molecule has 0 bridgehead atoms. The molecule has 1 unspecified atom stereocenters. The van der Waals surface area contributed by atoms with E-state index in [9.17, 15) is 5.11 Å². The molecule has 0 saturated heterocycles. The van der Waals surface area contributed by atoms with Crippen LogP contribution >= 0.6 is 11.7 Å². The molecule has 5 nitrogen and oxygen atoms in total. The minimum atomic E-state index is -0.488. The highest BCUT2D eigenvalue weighted by Gasteiger charge is 2.16. The molecule has 6 heteroatoms. The van der Waals surface area contributed by atoms with Gasteiger partial charge in [-0.05, 0) is 18.9 Å². The maximum absolute atomic E-state index is 9.65. The van der Waals surface area contributed by atoms with Gasteiger partial charge in [0.2, 0.25) is 5.88 Å². The van der Waals surface area contributed by atoms with Crippen LogP contribution in [0.4, 0.5) is 0 Å². The molecule has 1 heterocycles. The zero-order valence-electron chi connectivity index (χ0n) is 9.84. The Labute approximate surface area is 106 Å². The van der Waals surface area contributed by atoms with Crippen LogP contribution in [0.1, 0.15) is 25.7 Å². The first-order valence-corrected chi connectivity index (χ1v) is 6.87. The van der Waals surface area contributed by atoms with Crippen LogP contribution in [-0.2, 0) is 0 Å². The molecule has 1 aliphatic rings. The van der Waals surface area contributed by atoms with Crippen LogP contribution in [-0.4, -0.2) is 39.7 Å². The predicted molar refractivity (Wildman–Crippen MR) is 66.2 cm³/mol. The predicted octanol–water partition coefficient (Wildman–Crippen LogP) is 1.06. The van der Waals surface area contributed by atoms with Crippen molar-refractivity contribution in [1.82, 2.24) is 14.1 Å². The lowest BCUT2D eigenvalue weighted by molar-refractivity contribution is 0.104. The summed E-state index contributed by atoms with van der Waals surface area (Å²) in [6, 6.07) is 0. The summed E-state index contributed by atoms with van der Waals surface area (Å²) in [5.41, 5.74) is 0. The van der Waals surface area contributed by atoms with Gasteiger partial charge >= 0.3 is 0 Å². The Morgan fingerprint density at radius 1 is 1.59 bits per heavy atom. The number of aromatic nitrogens is 2. The van der Waals surface area contributed by atoms with Crippen molar-refractivity contribution in [1.29, 1.82) is 0 Å². The molecule has 1 fully saturated rings. The van der Waals surface area contributed by atoms with E-state index < -0.39 is 6.10 Å². The number of hydrogen-bond donors (Lipinski definition) is 2. The van der Waals surface area contributed by atoms with Crippen molar-refractivity contribution >= 4 is 11.7 Å². The van der Waals surface area contributed by atoms with Gasteiger partial charge in [-0.25, -0.2) is 0 Å². The minimum absolute atomic E-state index is 0.266. The van der Waals surface area contributed by atoms with E-state index >= 15 is 0 Å². The summed E-state index contributed by atoms with van der Waals surface area (Å²) in [5.74, 6) is 1.40. The summed E-state index contributed by atoms with van der Waals surface area (Å²) in [7, 11) is 0. The summed E-state index contributed by atoms with van der Waals surface area (Å²) >= 11 is 1.10. The number of nitrogens with one attached hydrogen (secondary N) is 1. The van der Waals surface area contributed by atoms with E-state index in [-0.39, 0.29) is 6.61 Å². The average Bonchev–Trinajstić information content (AvgIpc) is 2.76. The smallest absolute Gasteiger partial charge is 0.245 e. The molecule has 2 rings (SSSR count). The molecule has 96 valence electrons. The van der Waals surface area contributed by atoms with Crippen LogP contribution in [0.5, 0.6) is 5.88 Å². The minimum Gasteiger partial charge on any atom is -0.473 e. The Morgan fingerprint density at radius 3 is 3.12 bits per heavy atom. The Bertz CT molecular complexity index is 304. The summed E-state index contributed by atoms with van der Waals surface area (Å²) in [6.07, 6.45) is 6.44. The molecule has 1 aliphatic carbocycles. The monoisotopic (exact) mass is 257 g/mol. The third kappa shape index (κ3) is 4.57. The van der Waals surface area contributed by atoms with Crippen LogP contribution in [0.2, 0.25) is 0 Å². The van der Waals surface area contributed by atoms with Crippen LogP contribution in [0.3, 0.4) is 0 Å². The fraction of sp³-hybridized carbons (Fsp3) is 0.818. The first-order chi connectivity index (χ1) is 8.34. The topological polar surface area (TPSA) is 67.3 Å². The average molecular weight is 257 g/mol. The van der Waals surface area contributed by atoms with Crippen molar-refractivity contribution in [2.75, 3.05) is 19.7 Å². The number of nitrogens with zero attached hydrogens (tertiary/aromatic N) is 2. The molecule has 0 spiro atoms. The molecule has 0 aromatic carbocycles. The van der Waals surface area contributed by atoms with Gasteiger partial charge in [0, 0.05) is 6.54 Å². The van der Waals surface area contributed by atoms with Crippen LogP contribution < -0.4 is 10.1 Å². The van der Waals surface area contributed by atoms with Crippen molar-refractivity contribution in [2.24, 2.45) is 5.92 Å². The second-order valence-corrected chi connectivity index (χ2v) is 5.06. The quantitative estimate of drug-likeness (QED) is 0.682. The zero-order chi connectivity index (χ0) is 11.9. The second-order valence-electron chi connectivity index (χ2n) is 4.50. The van der Waals surface area contributed by atoms with E-state index in [2.05, 4.69) is 14.1 Å². The number of aliphatic hydroxyl groups is 1. The number of rotatable bonds is 8. The summed E-state index contributed by atoms with van der Waals surface area (Å²) < 4.78 is 13.0. The Hall–Kier alpha value is -0.720. The Kier molecular flexibility index (Phi) is 5.15. The van der Waals surface area contributed by atoms with Crippen molar-refractivity contribution in [3.8, 4) is 5.88 Å². The third-order valence-corrected chi connectivity index (χ3v) is 3.56.